The second kappa shape index (κ2) is 19.6. The summed E-state index contributed by atoms with van der Waals surface area (Å²) in [5.74, 6) is 2.06. The highest BCUT2D eigenvalue weighted by Gasteiger charge is 2.39. The van der Waals surface area contributed by atoms with Crippen LogP contribution in [0, 0.1) is 0 Å². The van der Waals surface area contributed by atoms with Crippen LogP contribution in [0.15, 0.2) is 182 Å². The second-order valence-corrected chi connectivity index (χ2v) is 22.0. The van der Waals surface area contributed by atoms with Gasteiger partial charge in [0.05, 0.1) is 55.2 Å². The van der Waals surface area contributed by atoms with E-state index in [1.165, 1.54) is 16.2 Å². The van der Waals surface area contributed by atoms with Crippen molar-refractivity contribution in [3.8, 4) is 17.2 Å². The summed E-state index contributed by atoms with van der Waals surface area (Å²) in [7, 11) is -1.35. The number of ether oxygens (including phenoxy) is 3. The molecule has 3 saturated heterocycles. The van der Waals surface area contributed by atoms with E-state index in [9.17, 15) is 0 Å². The lowest BCUT2D eigenvalue weighted by atomic mass is 9.95. The molecule has 0 bridgehead atoms. The maximum Gasteiger partial charge on any atom is 0.864 e. The van der Waals surface area contributed by atoms with Crippen molar-refractivity contribution in [2.24, 2.45) is 0 Å². The first-order valence-corrected chi connectivity index (χ1v) is 28.1. The number of morpholine rings is 3. The monoisotopic (exact) mass is 1040 g/mol. The lowest BCUT2D eigenvalue weighted by molar-refractivity contribution is 0.0530. The van der Waals surface area contributed by atoms with Gasteiger partial charge in [-0.1, -0.05) is 127 Å². The van der Waals surface area contributed by atoms with E-state index in [0.29, 0.717) is 76.3 Å². The first kappa shape index (κ1) is 47.9. The van der Waals surface area contributed by atoms with E-state index in [1.54, 1.807) is 0 Å². The van der Waals surface area contributed by atoms with Crippen LogP contribution in [0.25, 0.3) is 97.0 Å². The van der Waals surface area contributed by atoms with Gasteiger partial charge in [0.15, 0.2) is 0 Å². The molecule has 3 atom stereocenters. The quantitative estimate of drug-likeness (QED) is 0.0799. The molecule has 0 radical (unpaired) electrons. The number of benzene rings is 12. The minimum absolute atomic E-state index is 0.00842. The average molecular weight is 1040 g/mol. The standard InChI is InChI=1S/C69H60BN3O6/c1-43-40-71(28-31-74-43)61-25-22-46-16-19-55-34-49-10-4-7-13-52(49)37-58(55)64(46)67(61)77-70(78-68-62(72-29-32-75-44(2)41-72)26-23-47-17-20-56-35-50-11-5-8-14-53(50)38-59(56)65(47)68)79-69-63(73-30-33-76-45(3)42-73)27-24-48-18-21-57-36-51-12-6-9-15-54(51)39-60(57)66(48)69/h4-27,34-39,43-45H,28-33,40-42H2,1-3H3. The molecule has 12 aromatic rings. The Labute approximate surface area is 459 Å². The zero-order chi connectivity index (χ0) is 52.7. The minimum atomic E-state index is -1.35. The SMILES string of the molecule is CC1CN(c2ccc3ccc4cc5ccccc5cc4c3c2OB(Oc2c(N3CCOC(C)C3)ccc3ccc4cc5ccccc5cc4c23)Oc2c(N3CCOC(C)C3)ccc3ccc4cc5ccccc5cc4c23)CCO1. The lowest BCUT2D eigenvalue weighted by Crippen LogP contribution is -2.44. The van der Waals surface area contributed by atoms with Crippen LogP contribution in [-0.2, 0) is 14.2 Å². The topological polar surface area (TPSA) is 65.1 Å². The Kier molecular flexibility index (Phi) is 11.9. The van der Waals surface area contributed by atoms with Gasteiger partial charge in [0.1, 0.15) is 17.2 Å². The van der Waals surface area contributed by atoms with Crippen molar-refractivity contribution in [3.05, 3.63) is 182 Å². The van der Waals surface area contributed by atoms with E-state index < -0.39 is 7.32 Å². The summed E-state index contributed by atoms with van der Waals surface area (Å²) in [4.78, 5) is 7.23. The molecule has 3 heterocycles. The molecule has 3 aliphatic rings. The van der Waals surface area contributed by atoms with E-state index in [2.05, 4.69) is 217 Å². The molecule has 12 aromatic carbocycles. The number of hydrogen-bond acceptors (Lipinski definition) is 9. The van der Waals surface area contributed by atoms with Crippen LogP contribution in [-0.4, -0.2) is 84.7 Å². The lowest BCUT2D eigenvalue weighted by Gasteiger charge is -2.36. The summed E-state index contributed by atoms with van der Waals surface area (Å²) in [5, 5.41) is 19.8. The smallest absolute Gasteiger partial charge is 0.487 e. The van der Waals surface area contributed by atoms with Crippen LogP contribution < -0.4 is 28.7 Å². The van der Waals surface area contributed by atoms with E-state index in [0.717, 1.165) is 97.9 Å². The van der Waals surface area contributed by atoms with Crippen LogP contribution in [0.1, 0.15) is 20.8 Å². The summed E-state index contributed by atoms with van der Waals surface area (Å²) in [6, 6.07) is 66.4. The Bertz CT molecular complexity index is 3950. The normalized spacial score (nSPS) is 18.3. The van der Waals surface area contributed by atoms with Crippen molar-refractivity contribution < 1.29 is 28.2 Å². The van der Waals surface area contributed by atoms with Gasteiger partial charge in [-0.05, 0) is 156 Å². The highest BCUT2D eigenvalue weighted by Crippen LogP contribution is 2.48. The Hall–Kier alpha value is -8.28. The summed E-state index contributed by atoms with van der Waals surface area (Å²) in [6.45, 7) is 12.4. The third kappa shape index (κ3) is 8.61. The Morgan fingerprint density at radius 3 is 0.886 bits per heavy atom. The fourth-order valence-electron chi connectivity index (χ4n) is 13.0. The van der Waals surface area contributed by atoms with Gasteiger partial charge in [0, 0.05) is 55.4 Å². The first-order valence-electron chi connectivity index (χ1n) is 28.1. The molecule has 79 heavy (non-hydrogen) atoms. The fourth-order valence-corrected chi connectivity index (χ4v) is 13.0. The maximum absolute atomic E-state index is 7.95. The molecule has 3 aliphatic heterocycles. The third-order valence-electron chi connectivity index (χ3n) is 16.8. The number of anilines is 3. The van der Waals surface area contributed by atoms with Crippen LogP contribution in [0.2, 0.25) is 0 Å². The van der Waals surface area contributed by atoms with E-state index >= 15 is 0 Å². The fraction of sp³-hybridized carbons (Fsp3) is 0.217. The maximum atomic E-state index is 7.95. The van der Waals surface area contributed by atoms with Crippen molar-refractivity contribution in [2.75, 3.05) is 73.8 Å². The predicted octanol–water partition coefficient (Wildman–Crippen LogP) is 15.3. The van der Waals surface area contributed by atoms with Crippen molar-refractivity contribution in [3.63, 3.8) is 0 Å². The molecule has 0 spiro atoms. The summed E-state index contributed by atoms with van der Waals surface area (Å²) in [5.41, 5.74) is 2.86. The van der Waals surface area contributed by atoms with Gasteiger partial charge >= 0.3 is 7.32 Å². The molecule has 0 amide bonds. The van der Waals surface area contributed by atoms with Crippen molar-refractivity contribution >= 4 is 121 Å². The van der Waals surface area contributed by atoms with Gasteiger partial charge in [-0.2, -0.15) is 0 Å². The number of fused-ring (bicyclic) bond motifs is 12. The number of nitrogens with zero attached hydrogens (tertiary/aromatic N) is 3. The molecule has 390 valence electrons. The molecule has 3 fully saturated rings. The van der Waals surface area contributed by atoms with Gasteiger partial charge in [0.25, 0.3) is 0 Å². The molecule has 9 nitrogen and oxygen atoms in total. The molecule has 0 saturated carbocycles. The predicted molar refractivity (Wildman–Crippen MR) is 327 cm³/mol. The summed E-state index contributed by atoms with van der Waals surface area (Å²) < 4.78 is 42.5. The first-order chi connectivity index (χ1) is 38.8. The highest BCUT2D eigenvalue weighted by molar-refractivity contribution is 6.42. The van der Waals surface area contributed by atoms with Gasteiger partial charge in [-0.25, -0.2) is 0 Å². The number of hydrogen-bond donors (Lipinski definition) is 0. The molecule has 3 unspecified atom stereocenters. The Balaban J connectivity index is 1.03. The van der Waals surface area contributed by atoms with Crippen molar-refractivity contribution in [1.82, 2.24) is 0 Å². The summed E-state index contributed by atoms with van der Waals surface area (Å²) >= 11 is 0. The third-order valence-corrected chi connectivity index (χ3v) is 16.8. The largest absolute Gasteiger partial charge is 0.864 e. The van der Waals surface area contributed by atoms with Crippen LogP contribution >= 0.6 is 0 Å². The van der Waals surface area contributed by atoms with E-state index in [-0.39, 0.29) is 18.3 Å². The Morgan fingerprint density at radius 2 is 0.595 bits per heavy atom. The minimum Gasteiger partial charge on any atom is -0.487 e. The summed E-state index contributed by atoms with van der Waals surface area (Å²) in [6.07, 6.45) is 0.0252. The van der Waals surface area contributed by atoms with Gasteiger partial charge in [0.2, 0.25) is 0 Å². The zero-order valence-electron chi connectivity index (χ0n) is 44.8. The molecular formula is C69H60BN3O6. The van der Waals surface area contributed by atoms with Crippen molar-refractivity contribution in [1.29, 1.82) is 0 Å². The molecular weight excluding hydrogens is 978 g/mol. The van der Waals surface area contributed by atoms with Gasteiger partial charge in [-0.3, -0.25) is 0 Å². The van der Waals surface area contributed by atoms with E-state index in [4.69, 9.17) is 28.2 Å². The van der Waals surface area contributed by atoms with Crippen molar-refractivity contribution in [2.45, 2.75) is 39.1 Å². The molecule has 10 heteroatoms. The number of rotatable bonds is 9. The average Bonchev–Trinajstić information content (AvgIpc) is 3.67. The van der Waals surface area contributed by atoms with E-state index in [1.807, 2.05) is 0 Å². The Morgan fingerprint density at radius 1 is 0.329 bits per heavy atom. The molecule has 0 aliphatic carbocycles. The van der Waals surface area contributed by atoms with Crippen LogP contribution in [0.3, 0.4) is 0 Å². The van der Waals surface area contributed by atoms with Crippen LogP contribution in [0.4, 0.5) is 17.1 Å². The molecule has 0 N–H and O–H groups in total. The van der Waals surface area contributed by atoms with Crippen LogP contribution in [0.5, 0.6) is 17.2 Å². The molecule has 15 rings (SSSR count). The zero-order valence-corrected chi connectivity index (χ0v) is 44.8. The molecule has 0 aromatic heterocycles. The van der Waals surface area contributed by atoms with Gasteiger partial charge < -0.3 is 42.9 Å². The van der Waals surface area contributed by atoms with Gasteiger partial charge in [-0.15, -0.1) is 0 Å². The highest BCUT2D eigenvalue weighted by atomic mass is 16.7. The second-order valence-electron chi connectivity index (χ2n) is 22.0.